The van der Waals surface area contributed by atoms with E-state index in [-0.39, 0.29) is 37.3 Å². The zero-order valence-electron chi connectivity index (χ0n) is 16.3. The van der Waals surface area contributed by atoms with Crippen LogP contribution >= 0.6 is 69.8 Å². The maximum Gasteiger partial charge on any atom is 0.327 e. The zero-order valence-corrected chi connectivity index (χ0v) is 20.9. The van der Waals surface area contributed by atoms with Crippen molar-refractivity contribution in [1.29, 1.82) is 0 Å². The number of aliphatic carboxylic acids is 1. The van der Waals surface area contributed by atoms with Crippen molar-refractivity contribution in [2.75, 3.05) is 0 Å². The Hall–Kier alpha value is -0.770. The van der Waals surface area contributed by atoms with E-state index in [9.17, 15) is 19.5 Å². The fourth-order valence-electron chi connectivity index (χ4n) is 3.57. The molecule has 0 spiro atoms. The molecule has 0 bridgehead atoms. The molecule has 2 fully saturated rings. The number of halogens is 5. The summed E-state index contributed by atoms with van der Waals surface area (Å²) in [7, 11) is 0. The van der Waals surface area contributed by atoms with E-state index in [2.05, 4.69) is 5.32 Å². The number of hydrogen-bond donors (Lipinski definition) is 2. The van der Waals surface area contributed by atoms with Gasteiger partial charge in [0.25, 0.3) is 0 Å². The highest BCUT2D eigenvalue weighted by atomic mass is 35.5. The summed E-state index contributed by atoms with van der Waals surface area (Å²) < 4.78 is 4.98. The number of ether oxygens (including phenoxy) is 1. The van der Waals surface area contributed by atoms with Crippen LogP contribution in [0.15, 0.2) is 0 Å². The third-order valence-electron chi connectivity index (χ3n) is 4.95. The molecular weight excluding hydrogens is 534 g/mol. The lowest BCUT2D eigenvalue weighted by molar-refractivity contribution is -0.161. The molecule has 7 nitrogen and oxygen atoms in total. The number of hydrogen-bond acceptors (Lipinski definition) is 5. The maximum atomic E-state index is 12.5. The smallest absolute Gasteiger partial charge is 0.327 e. The lowest BCUT2D eigenvalue weighted by Gasteiger charge is -2.43. The second kappa shape index (κ2) is 8.88. The number of carboxylic acids is 1. The number of benzene rings is 1. The molecule has 2 heterocycles. The van der Waals surface area contributed by atoms with Crippen molar-refractivity contribution < 1.29 is 24.2 Å². The van der Waals surface area contributed by atoms with Crippen LogP contribution < -0.4 is 10.1 Å². The Labute approximate surface area is 207 Å². The average molecular weight is 551 g/mol. The second-order valence-corrected chi connectivity index (χ2v) is 11.3. The topological polar surface area (TPSA) is 95.9 Å². The molecular formula is C18H17Cl5N2O5S. The molecule has 2 amide bonds. The standard InChI is InChI=1S/C18H17Cl5N2O5S/c1-5(30-13-10(22)8(20)7(19)9(21)11(13)23)4-6(26)24-12-15(27)25-14(17(28)29)18(2,3)31-16(12)25/h5,12,14,16H,4H2,1-3H3,(H,24,26)(H,28,29)/t5?,12-,14+,16-/m1/s1. The van der Waals surface area contributed by atoms with Crippen LogP contribution in [0.5, 0.6) is 5.75 Å². The Kier molecular flexibility index (Phi) is 7.12. The first-order chi connectivity index (χ1) is 14.3. The molecule has 2 aliphatic heterocycles. The van der Waals surface area contributed by atoms with E-state index in [1.165, 1.54) is 16.7 Å². The van der Waals surface area contributed by atoms with Crippen LogP contribution in [0.25, 0.3) is 0 Å². The molecule has 2 N–H and O–H groups in total. The van der Waals surface area contributed by atoms with Gasteiger partial charge >= 0.3 is 5.97 Å². The third-order valence-corrected chi connectivity index (χ3v) is 8.77. The summed E-state index contributed by atoms with van der Waals surface area (Å²) in [5.74, 6) is -1.97. The van der Waals surface area contributed by atoms with E-state index >= 15 is 0 Å². The van der Waals surface area contributed by atoms with Gasteiger partial charge in [-0.3, -0.25) is 9.59 Å². The first kappa shape index (κ1) is 24.9. The lowest BCUT2D eigenvalue weighted by atomic mass is 9.96. The Morgan fingerprint density at radius 2 is 1.65 bits per heavy atom. The van der Waals surface area contributed by atoms with Crippen LogP contribution in [0.3, 0.4) is 0 Å². The molecule has 0 radical (unpaired) electrons. The third kappa shape index (κ3) is 4.39. The largest absolute Gasteiger partial charge is 0.487 e. The quantitative estimate of drug-likeness (QED) is 0.302. The Balaban J connectivity index is 1.64. The number of carboxylic acid groups (broad SMARTS) is 1. The van der Waals surface area contributed by atoms with E-state index < -0.39 is 46.1 Å². The molecule has 170 valence electrons. The summed E-state index contributed by atoms with van der Waals surface area (Å²) in [6.07, 6.45) is -0.828. The van der Waals surface area contributed by atoms with Gasteiger partial charge in [-0.05, 0) is 20.8 Å². The fraction of sp³-hybridized carbons (Fsp3) is 0.500. The minimum atomic E-state index is -1.07. The highest BCUT2D eigenvalue weighted by molar-refractivity contribution is 8.01. The average Bonchev–Trinajstić information content (AvgIpc) is 2.94. The molecule has 2 saturated heterocycles. The summed E-state index contributed by atoms with van der Waals surface area (Å²) >= 11 is 31.6. The number of fused-ring (bicyclic) bond motifs is 1. The molecule has 0 aliphatic carbocycles. The van der Waals surface area contributed by atoms with Gasteiger partial charge in [-0.1, -0.05) is 58.0 Å². The fourth-order valence-corrected chi connectivity index (χ4v) is 6.41. The number of carbonyl (C=O) groups excluding carboxylic acids is 2. The molecule has 13 heteroatoms. The van der Waals surface area contributed by atoms with Gasteiger partial charge in [0.2, 0.25) is 11.8 Å². The van der Waals surface area contributed by atoms with Crippen LogP contribution in [0, 0.1) is 0 Å². The number of amides is 2. The van der Waals surface area contributed by atoms with Gasteiger partial charge in [0, 0.05) is 4.75 Å². The molecule has 31 heavy (non-hydrogen) atoms. The minimum Gasteiger partial charge on any atom is -0.487 e. The number of nitrogens with one attached hydrogen (secondary N) is 1. The van der Waals surface area contributed by atoms with Crippen molar-refractivity contribution in [1.82, 2.24) is 10.2 Å². The molecule has 2 aliphatic rings. The number of thioether (sulfide) groups is 1. The Bertz CT molecular complexity index is 946. The summed E-state index contributed by atoms with van der Waals surface area (Å²) in [5.41, 5.74) is 0. The van der Waals surface area contributed by atoms with E-state index in [4.69, 9.17) is 62.7 Å². The number of β-lactam (4-membered cyclic amide) rings is 1. The highest BCUT2D eigenvalue weighted by Gasteiger charge is 2.64. The number of carbonyl (C=O) groups is 3. The Morgan fingerprint density at radius 3 is 2.16 bits per heavy atom. The molecule has 3 rings (SSSR count). The second-order valence-electron chi connectivity index (χ2n) is 7.67. The maximum absolute atomic E-state index is 12.5. The Morgan fingerprint density at radius 1 is 1.13 bits per heavy atom. The van der Waals surface area contributed by atoms with Crippen molar-refractivity contribution in [3.05, 3.63) is 25.1 Å². The number of nitrogens with zero attached hydrogens (tertiary/aromatic N) is 1. The van der Waals surface area contributed by atoms with Gasteiger partial charge in [-0.25, -0.2) is 4.79 Å². The summed E-state index contributed by atoms with van der Waals surface area (Å²) in [6, 6.07) is -1.76. The van der Waals surface area contributed by atoms with Crippen LogP contribution in [-0.2, 0) is 14.4 Å². The van der Waals surface area contributed by atoms with Gasteiger partial charge in [-0.2, -0.15) is 0 Å². The lowest BCUT2D eigenvalue weighted by Crippen LogP contribution is -2.70. The minimum absolute atomic E-state index is 0.00803. The summed E-state index contributed by atoms with van der Waals surface area (Å²) in [4.78, 5) is 37.8. The molecule has 0 saturated carbocycles. The van der Waals surface area contributed by atoms with Crippen LogP contribution in [0.2, 0.25) is 25.1 Å². The first-order valence-electron chi connectivity index (χ1n) is 8.98. The predicted octanol–water partition coefficient (Wildman–Crippen LogP) is 4.74. The van der Waals surface area contributed by atoms with Crippen LogP contribution in [0.4, 0.5) is 0 Å². The highest BCUT2D eigenvalue weighted by Crippen LogP contribution is 2.51. The SMILES string of the molecule is CC(CC(=O)N[C@@H]1C(=O)N2[C@@H]1SC(C)(C)[C@@H]2C(=O)O)Oc1c(Cl)c(Cl)c(Cl)c(Cl)c1Cl. The predicted molar refractivity (Wildman–Crippen MR) is 122 cm³/mol. The van der Waals surface area contributed by atoms with E-state index in [0.29, 0.717) is 0 Å². The van der Waals surface area contributed by atoms with E-state index in [1.807, 2.05) is 0 Å². The summed E-state index contributed by atoms with van der Waals surface area (Å²) in [6.45, 7) is 5.12. The monoisotopic (exact) mass is 548 g/mol. The van der Waals surface area contributed by atoms with Crippen LogP contribution in [-0.4, -0.2) is 56.1 Å². The zero-order chi connectivity index (χ0) is 23.4. The van der Waals surface area contributed by atoms with Crippen molar-refractivity contribution in [3.8, 4) is 5.75 Å². The van der Waals surface area contributed by atoms with Crippen LogP contribution in [0.1, 0.15) is 27.2 Å². The van der Waals surface area contributed by atoms with Gasteiger partial charge in [0.05, 0.1) is 21.5 Å². The van der Waals surface area contributed by atoms with Gasteiger partial charge in [-0.15, -0.1) is 11.8 Å². The molecule has 1 aromatic rings. The van der Waals surface area contributed by atoms with Gasteiger partial charge in [0.15, 0.2) is 5.75 Å². The molecule has 4 atom stereocenters. The molecule has 1 aromatic carbocycles. The van der Waals surface area contributed by atoms with Crippen molar-refractivity contribution in [2.45, 2.75) is 55.5 Å². The van der Waals surface area contributed by atoms with E-state index in [1.54, 1.807) is 20.8 Å². The van der Waals surface area contributed by atoms with Gasteiger partial charge in [0.1, 0.15) is 33.6 Å². The normalized spacial score (nSPS) is 25.0. The summed E-state index contributed by atoms with van der Waals surface area (Å²) in [5, 5.41) is 11.5. The van der Waals surface area contributed by atoms with Crippen molar-refractivity contribution in [2.24, 2.45) is 0 Å². The molecule has 1 unspecified atom stereocenters. The number of rotatable bonds is 6. The van der Waals surface area contributed by atoms with Crippen molar-refractivity contribution in [3.63, 3.8) is 0 Å². The molecule has 0 aromatic heterocycles. The van der Waals surface area contributed by atoms with Gasteiger partial charge < -0.3 is 20.1 Å². The first-order valence-corrected chi connectivity index (χ1v) is 11.7. The van der Waals surface area contributed by atoms with Crippen molar-refractivity contribution >= 4 is 87.6 Å². The van der Waals surface area contributed by atoms with E-state index in [0.717, 1.165) is 0 Å².